The first-order valence-corrected chi connectivity index (χ1v) is 12.7. The van der Waals surface area contributed by atoms with Crippen LogP contribution in [-0.2, 0) is 11.3 Å². The van der Waals surface area contributed by atoms with E-state index < -0.39 is 0 Å². The minimum absolute atomic E-state index is 0.377. The van der Waals surface area contributed by atoms with Gasteiger partial charge in [0.15, 0.2) is 33.6 Å². The molecule has 1 amide bonds. The summed E-state index contributed by atoms with van der Waals surface area (Å²) in [7, 11) is 0. The SMILES string of the molecule is Nc1ncnc2c1nc(Sc1cc3c(cc1C1=CC=C1)OCCO3)n2CCC1CCN(C=O)CC1. The number of fused-ring (bicyclic) bond motifs is 2. The number of aryl methyl sites for hydroxylation is 1. The first-order valence-electron chi connectivity index (χ1n) is 11.9. The van der Waals surface area contributed by atoms with Gasteiger partial charge < -0.3 is 24.7 Å². The van der Waals surface area contributed by atoms with Crippen molar-refractivity contribution in [2.24, 2.45) is 5.92 Å². The zero-order valence-electron chi connectivity index (χ0n) is 19.2. The van der Waals surface area contributed by atoms with Crippen molar-refractivity contribution >= 4 is 40.7 Å². The fraction of sp³-hybridized carbons (Fsp3) is 0.360. The van der Waals surface area contributed by atoms with Crippen molar-refractivity contribution in [2.75, 3.05) is 32.0 Å². The number of rotatable bonds is 7. The zero-order valence-corrected chi connectivity index (χ0v) is 20.0. The fourth-order valence-corrected chi connectivity index (χ4v) is 5.80. The number of piperidine rings is 1. The Morgan fingerprint density at radius 2 is 1.91 bits per heavy atom. The molecule has 0 bridgehead atoms. The van der Waals surface area contributed by atoms with Gasteiger partial charge in [0, 0.05) is 24.5 Å². The largest absolute Gasteiger partial charge is 0.486 e. The number of allylic oxidation sites excluding steroid dienone is 4. The van der Waals surface area contributed by atoms with E-state index >= 15 is 0 Å². The van der Waals surface area contributed by atoms with E-state index in [0.29, 0.717) is 30.5 Å². The molecule has 1 fully saturated rings. The Balaban J connectivity index is 1.33. The van der Waals surface area contributed by atoms with Crippen LogP contribution in [0.1, 0.15) is 24.8 Å². The highest BCUT2D eigenvalue weighted by Gasteiger charge is 2.24. The minimum atomic E-state index is 0.377. The molecule has 9 nitrogen and oxygen atoms in total. The van der Waals surface area contributed by atoms with Crippen LogP contribution >= 0.6 is 11.8 Å². The van der Waals surface area contributed by atoms with Crippen LogP contribution in [-0.4, -0.2) is 57.1 Å². The molecule has 10 heteroatoms. The van der Waals surface area contributed by atoms with Gasteiger partial charge in [-0.3, -0.25) is 4.79 Å². The molecule has 2 aliphatic heterocycles. The number of anilines is 1. The van der Waals surface area contributed by atoms with Crippen molar-refractivity contribution in [1.82, 2.24) is 24.4 Å². The molecule has 180 valence electrons. The maximum atomic E-state index is 11.1. The number of hydrogen-bond acceptors (Lipinski definition) is 8. The Labute approximate surface area is 207 Å². The highest BCUT2D eigenvalue weighted by molar-refractivity contribution is 7.99. The molecule has 0 spiro atoms. The second-order valence-electron chi connectivity index (χ2n) is 8.93. The molecule has 3 aromatic rings. The lowest BCUT2D eigenvalue weighted by molar-refractivity contribution is -0.119. The number of aromatic nitrogens is 4. The lowest BCUT2D eigenvalue weighted by Crippen LogP contribution is -2.32. The Hall–Kier alpha value is -3.53. The fourth-order valence-electron chi connectivity index (χ4n) is 4.72. The monoisotopic (exact) mass is 490 g/mol. The predicted molar refractivity (Wildman–Crippen MR) is 133 cm³/mol. The Morgan fingerprint density at radius 1 is 1.14 bits per heavy atom. The molecular formula is C25H26N6O3S. The van der Waals surface area contributed by atoms with Crippen LogP contribution in [0.3, 0.4) is 0 Å². The lowest BCUT2D eigenvalue weighted by Gasteiger charge is -2.29. The summed E-state index contributed by atoms with van der Waals surface area (Å²) in [4.78, 5) is 27.5. The standard InChI is InChI=1S/C25H26N6O3S/c26-23-22-24(28-14-27-23)31(9-6-16-4-7-30(15-32)8-5-16)25(29-22)35-21-13-20-19(33-10-11-34-20)12-18(21)17-2-1-3-17/h1-3,12-16H,4-11H2,(H2,26,27,28). The minimum Gasteiger partial charge on any atom is -0.486 e. The maximum absolute atomic E-state index is 11.1. The topological polar surface area (TPSA) is 108 Å². The Kier molecular flexibility index (Phi) is 5.81. The number of nitrogens with zero attached hydrogens (tertiary/aromatic N) is 5. The first kappa shape index (κ1) is 22.0. The molecule has 1 saturated heterocycles. The van der Waals surface area contributed by atoms with Gasteiger partial charge in [-0.25, -0.2) is 15.0 Å². The highest BCUT2D eigenvalue weighted by Crippen LogP contribution is 2.44. The molecule has 1 aromatic carbocycles. The normalized spacial score (nSPS) is 17.4. The molecule has 2 N–H and O–H groups in total. The Bertz CT molecular complexity index is 1340. The van der Waals surface area contributed by atoms with Crippen LogP contribution in [0.5, 0.6) is 11.5 Å². The summed E-state index contributed by atoms with van der Waals surface area (Å²) in [5, 5.41) is 0.819. The third-order valence-electron chi connectivity index (χ3n) is 6.79. The van der Waals surface area contributed by atoms with Gasteiger partial charge >= 0.3 is 0 Å². The second-order valence-corrected chi connectivity index (χ2v) is 9.93. The van der Waals surface area contributed by atoms with Crippen molar-refractivity contribution in [3.8, 4) is 11.5 Å². The Morgan fingerprint density at radius 3 is 2.63 bits per heavy atom. The predicted octanol–water partition coefficient (Wildman–Crippen LogP) is 3.54. The summed E-state index contributed by atoms with van der Waals surface area (Å²) < 4.78 is 13.8. The summed E-state index contributed by atoms with van der Waals surface area (Å²) in [5.74, 6) is 2.44. The van der Waals surface area contributed by atoms with Crippen molar-refractivity contribution in [3.63, 3.8) is 0 Å². The van der Waals surface area contributed by atoms with Crippen LogP contribution in [0.2, 0.25) is 0 Å². The van der Waals surface area contributed by atoms with E-state index in [9.17, 15) is 4.79 Å². The number of amides is 1. The molecule has 35 heavy (non-hydrogen) atoms. The number of carbonyl (C=O) groups excluding carboxylic acids is 1. The molecular weight excluding hydrogens is 464 g/mol. The number of hydrogen-bond donors (Lipinski definition) is 1. The summed E-state index contributed by atoms with van der Waals surface area (Å²) in [6.07, 6.45) is 11.7. The number of ether oxygens (including phenoxy) is 2. The number of likely N-dealkylation sites (tertiary alicyclic amines) is 1. The van der Waals surface area contributed by atoms with Gasteiger partial charge in [0.25, 0.3) is 0 Å². The molecule has 2 aromatic heterocycles. The van der Waals surface area contributed by atoms with E-state index in [1.165, 1.54) is 6.33 Å². The van der Waals surface area contributed by atoms with Gasteiger partial charge in [0.1, 0.15) is 19.5 Å². The van der Waals surface area contributed by atoms with Crippen LogP contribution in [0.4, 0.5) is 5.82 Å². The van der Waals surface area contributed by atoms with Crippen molar-refractivity contribution < 1.29 is 14.3 Å². The maximum Gasteiger partial charge on any atom is 0.209 e. The number of carbonyl (C=O) groups is 1. The molecule has 1 aliphatic carbocycles. The van der Waals surface area contributed by atoms with Crippen LogP contribution in [0, 0.1) is 5.92 Å². The van der Waals surface area contributed by atoms with Gasteiger partial charge in [-0.05, 0) is 48.4 Å². The lowest BCUT2D eigenvalue weighted by atomic mass is 9.94. The molecule has 0 saturated carbocycles. The second kappa shape index (κ2) is 9.26. The summed E-state index contributed by atoms with van der Waals surface area (Å²) in [6.45, 7) is 3.49. The highest BCUT2D eigenvalue weighted by atomic mass is 32.2. The summed E-state index contributed by atoms with van der Waals surface area (Å²) in [5.41, 5.74) is 9.76. The van der Waals surface area contributed by atoms with Crippen molar-refractivity contribution in [3.05, 3.63) is 42.3 Å². The number of nitrogen functional groups attached to an aromatic ring is 1. The van der Waals surface area contributed by atoms with Gasteiger partial charge in [-0.2, -0.15) is 0 Å². The van der Waals surface area contributed by atoms with Gasteiger partial charge in [-0.15, -0.1) is 0 Å². The van der Waals surface area contributed by atoms with Crippen molar-refractivity contribution in [1.29, 1.82) is 0 Å². The average Bonchev–Trinajstić information content (AvgIpc) is 3.20. The molecule has 0 atom stereocenters. The molecule has 4 heterocycles. The van der Waals surface area contributed by atoms with Crippen LogP contribution < -0.4 is 15.2 Å². The molecule has 6 rings (SSSR count). The number of benzene rings is 1. The molecule has 0 radical (unpaired) electrons. The average molecular weight is 491 g/mol. The van der Waals surface area contributed by atoms with E-state index in [2.05, 4.69) is 26.7 Å². The zero-order chi connectivity index (χ0) is 23.8. The van der Waals surface area contributed by atoms with Crippen LogP contribution in [0.15, 0.2) is 46.7 Å². The third kappa shape index (κ3) is 4.22. The molecule has 0 unspecified atom stereocenters. The molecule has 3 aliphatic rings. The van der Waals surface area contributed by atoms with Gasteiger partial charge in [0.2, 0.25) is 6.41 Å². The van der Waals surface area contributed by atoms with E-state index in [-0.39, 0.29) is 0 Å². The first-order chi connectivity index (χ1) is 17.2. The quantitative estimate of drug-likeness (QED) is 0.501. The van der Waals surface area contributed by atoms with Crippen LogP contribution in [0.25, 0.3) is 16.7 Å². The van der Waals surface area contributed by atoms with E-state index in [4.69, 9.17) is 20.2 Å². The van der Waals surface area contributed by atoms with Gasteiger partial charge in [0.05, 0.1) is 0 Å². The van der Waals surface area contributed by atoms with E-state index in [1.807, 2.05) is 23.1 Å². The number of imidazole rings is 1. The van der Waals surface area contributed by atoms with Gasteiger partial charge in [-0.1, -0.05) is 30.0 Å². The summed E-state index contributed by atoms with van der Waals surface area (Å²) >= 11 is 1.58. The number of nitrogens with two attached hydrogens (primary N) is 1. The smallest absolute Gasteiger partial charge is 0.209 e. The van der Waals surface area contributed by atoms with E-state index in [1.54, 1.807) is 11.8 Å². The van der Waals surface area contributed by atoms with E-state index in [0.717, 1.165) is 83.6 Å². The summed E-state index contributed by atoms with van der Waals surface area (Å²) in [6, 6.07) is 4.09. The van der Waals surface area contributed by atoms with Crippen molar-refractivity contribution in [2.45, 2.75) is 35.9 Å². The third-order valence-corrected chi connectivity index (χ3v) is 7.84.